The summed E-state index contributed by atoms with van der Waals surface area (Å²) in [7, 11) is 0. The van der Waals surface area contributed by atoms with Crippen LogP contribution in [0.1, 0.15) is 25.7 Å². The third kappa shape index (κ3) is 0.433. The fourth-order valence-corrected chi connectivity index (χ4v) is 4.19. The highest BCUT2D eigenvalue weighted by Crippen LogP contribution is 2.54. The number of hydrogen-bond acceptors (Lipinski definition) is 2. The van der Waals surface area contributed by atoms with E-state index in [4.69, 9.17) is 0 Å². The van der Waals surface area contributed by atoms with Crippen LogP contribution in [0.15, 0.2) is 0 Å². The molecule has 3 saturated heterocycles. The van der Waals surface area contributed by atoms with Gasteiger partial charge in [-0.3, -0.25) is 5.43 Å². The molecular formula is C9H14N2. The highest BCUT2D eigenvalue weighted by Gasteiger charge is 2.62. The summed E-state index contributed by atoms with van der Waals surface area (Å²) < 4.78 is 0. The smallest absolute Gasteiger partial charge is 0.0302 e. The number of nitrogens with zero attached hydrogens (tertiary/aromatic N) is 1. The van der Waals surface area contributed by atoms with Gasteiger partial charge in [-0.1, -0.05) is 0 Å². The molecule has 2 heteroatoms. The Balaban J connectivity index is 1.92. The van der Waals surface area contributed by atoms with Crippen molar-refractivity contribution in [1.82, 2.24) is 10.4 Å². The van der Waals surface area contributed by atoms with Crippen molar-refractivity contribution < 1.29 is 0 Å². The molecule has 1 saturated carbocycles. The normalized spacial score (nSPS) is 64.9. The van der Waals surface area contributed by atoms with Crippen LogP contribution in [-0.2, 0) is 0 Å². The first-order chi connectivity index (χ1) is 5.45. The van der Waals surface area contributed by atoms with Gasteiger partial charge in [0.2, 0.25) is 0 Å². The average Bonchev–Trinajstić information content (AvgIpc) is 2.42. The molecule has 0 spiro atoms. The minimum absolute atomic E-state index is 0.910. The minimum Gasteiger partial charge on any atom is -0.251 e. The van der Waals surface area contributed by atoms with Gasteiger partial charge in [0.1, 0.15) is 0 Å². The van der Waals surface area contributed by atoms with E-state index in [-0.39, 0.29) is 0 Å². The first-order valence-corrected chi connectivity index (χ1v) is 5.00. The second kappa shape index (κ2) is 1.50. The molecule has 11 heavy (non-hydrogen) atoms. The second-order valence-corrected chi connectivity index (χ2v) is 4.68. The van der Waals surface area contributed by atoms with E-state index in [0.717, 1.165) is 30.0 Å². The van der Waals surface area contributed by atoms with E-state index >= 15 is 0 Å². The van der Waals surface area contributed by atoms with E-state index in [9.17, 15) is 0 Å². The molecule has 4 unspecified atom stereocenters. The lowest BCUT2D eigenvalue weighted by molar-refractivity contribution is 0.179. The zero-order valence-electron chi connectivity index (χ0n) is 6.66. The molecule has 0 radical (unpaired) electrons. The maximum absolute atomic E-state index is 3.69. The van der Waals surface area contributed by atoms with E-state index in [1.807, 2.05) is 0 Å². The van der Waals surface area contributed by atoms with E-state index in [1.165, 1.54) is 25.7 Å². The SMILES string of the molecule is C1CC2C3NN4C(CCC24)C13. The van der Waals surface area contributed by atoms with E-state index in [2.05, 4.69) is 10.4 Å². The quantitative estimate of drug-likeness (QED) is 0.548. The topological polar surface area (TPSA) is 15.3 Å². The fraction of sp³-hybridized carbons (Fsp3) is 1.00. The summed E-state index contributed by atoms with van der Waals surface area (Å²) in [5.74, 6) is 2.08. The summed E-state index contributed by atoms with van der Waals surface area (Å²) in [6.07, 6.45) is 5.99. The maximum Gasteiger partial charge on any atom is 0.0302 e. The summed E-state index contributed by atoms with van der Waals surface area (Å²) in [6, 6.07) is 2.81. The predicted molar refractivity (Wildman–Crippen MR) is 41.8 cm³/mol. The molecule has 0 aromatic rings. The van der Waals surface area contributed by atoms with E-state index in [0.29, 0.717) is 0 Å². The molecule has 4 atom stereocenters. The second-order valence-electron chi connectivity index (χ2n) is 4.68. The van der Waals surface area contributed by atoms with Crippen molar-refractivity contribution in [3.63, 3.8) is 0 Å². The van der Waals surface area contributed by atoms with Gasteiger partial charge >= 0.3 is 0 Å². The van der Waals surface area contributed by atoms with Gasteiger partial charge in [-0.05, 0) is 37.5 Å². The first-order valence-electron chi connectivity index (χ1n) is 5.00. The van der Waals surface area contributed by atoms with Gasteiger partial charge in [0, 0.05) is 18.1 Å². The van der Waals surface area contributed by atoms with E-state index in [1.54, 1.807) is 0 Å². The Bertz CT molecular complexity index is 160. The highest BCUT2D eigenvalue weighted by atomic mass is 15.6. The van der Waals surface area contributed by atoms with Gasteiger partial charge in [0.15, 0.2) is 0 Å². The van der Waals surface area contributed by atoms with Gasteiger partial charge in [0.25, 0.3) is 0 Å². The van der Waals surface area contributed by atoms with Crippen LogP contribution in [-0.4, -0.2) is 23.1 Å². The number of hydrazine groups is 1. The van der Waals surface area contributed by atoms with Gasteiger partial charge in [-0.25, -0.2) is 5.01 Å². The minimum atomic E-state index is 0.910. The van der Waals surface area contributed by atoms with Crippen molar-refractivity contribution in [3.05, 3.63) is 0 Å². The Labute approximate surface area is 66.9 Å². The molecule has 1 N–H and O–H groups in total. The molecule has 60 valence electrons. The van der Waals surface area contributed by atoms with Crippen LogP contribution >= 0.6 is 0 Å². The van der Waals surface area contributed by atoms with Crippen molar-refractivity contribution in [3.8, 4) is 0 Å². The molecule has 4 rings (SSSR count). The molecular weight excluding hydrogens is 136 g/mol. The molecule has 4 fully saturated rings. The van der Waals surface area contributed by atoms with Crippen LogP contribution < -0.4 is 5.43 Å². The number of rotatable bonds is 0. The Morgan fingerprint density at radius 3 is 2.18 bits per heavy atom. The summed E-state index contributed by atoms with van der Waals surface area (Å²) in [5, 5.41) is 2.60. The fourth-order valence-electron chi connectivity index (χ4n) is 4.19. The third-order valence-electron chi connectivity index (χ3n) is 4.52. The zero-order chi connectivity index (χ0) is 7.00. The summed E-state index contributed by atoms with van der Waals surface area (Å²) in [6.45, 7) is 0. The van der Waals surface area contributed by atoms with Crippen LogP contribution in [0.5, 0.6) is 0 Å². The zero-order valence-corrected chi connectivity index (χ0v) is 6.66. The van der Waals surface area contributed by atoms with Crippen molar-refractivity contribution in [2.24, 2.45) is 11.8 Å². The van der Waals surface area contributed by atoms with E-state index < -0.39 is 0 Å². The van der Waals surface area contributed by atoms with Gasteiger partial charge in [-0.15, -0.1) is 0 Å². The summed E-state index contributed by atoms with van der Waals surface area (Å²) >= 11 is 0. The Kier molecular flexibility index (Phi) is 0.758. The lowest BCUT2D eigenvalue weighted by Crippen LogP contribution is -2.37. The molecule has 3 aliphatic heterocycles. The summed E-state index contributed by atoms with van der Waals surface area (Å²) in [5.41, 5.74) is 3.69. The Morgan fingerprint density at radius 1 is 0.909 bits per heavy atom. The predicted octanol–water partition coefficient (Wildman–Crippen LogP) is 0.746. The monoisotopic (exact) mass is 150 g/mol. The van der Waals surface area contributed by atoms with Gasteiger partial charge in [0.05, 0.1) is 0 Å². The van der Waals surface area contributed by atoms with Crippen LogP contribution in [0.25, 0.3) is 0 Å². The van der Waals surface area contributed by atoms with Crippen LogP contribution in [0.2, 0.25) is 0 Å². The molecule has 4 aliphatic rings. The molecule has 0 aromatic heterocycles. The molecule has 0 amide bonds. The van der Waals surface area contributed by atoms with Gasteiger partial charge in [-0.2, -0.15) is 0 Å². The lowest BCUT2D eigenvalue weighted by atomic mass is 9.91. The molecule has 1 aliphatic carbocycles. The Hall–Kier alpha value is -0.0800. The highest BCUT2D eigenvalue weighted by molar-refractivity contribution is 5.15. The van der Waals surface area contributed by atoms with Crippen molar-refractivity contribution in [2.45, 2.75) is 43.8 Å². The van der Waals surface area contributed by atoms with Crippen molar-refractivity contribution in [2.75, 3.05) is 0 Å². The molecule has 0 aromatic carbocycles. The average molecular weight is 150 g/mol. The third-order valence-corrected chi connectivity index (χ3v) is 4.52. The first kappa shape index (κ1) is 5.55. The standard InChI is InChI=1S/C9H14N2/c1-2-6-8-4-3-7-5(1)9(6)10-11(7)8/h5-10H,1-4H2. The number of nitrogens with one attached hydrogen (secondary N) is 1. The lowest BCUT2D eigenvalue weighted by Gasteiger charge is -2.25. The van der Waals surface area contributed by atoms with Crippen LogP contribution in [0.4, 0.5) is 0 Å². The molecule has 2 bridgehead atoms. The van der Waals surface area contributed by atoms with Gasteiger partial charge < -0.3 is 0 Å². The number of fused-ring (bicyclic) bond motifs is 2. The number of hydrogen-bond donors (Lipinski definition) is 1. The molecule has 2 nitrogen and oxygen atoms in total. The maximum atomic E-state index is 3.69. The molecule has 3 heterocycles. The van der Waals surface area contributed by atoms with Crippen LogP contribution in [0, 0.1) is 11.8 Å². The Morgan fingerprint density at radius 2 is 1.55 bits per heavy atom. The number of piperidine rings is 1. The summed E-state index contributed by atoms with van der Waals surface area (Å²) in [4.78, 5) is 0. The van der Waals surface area contributed by atoms with Crippen LogP contribution in [0.3, 0.4) is 0 Å². The van der Waals surface area contributed by atoms with Crippen molar-refractivity contribution in [1.29, 1.82) is 0 Å². The van der Waals surface area contributed by atoms with Crippen molar-refractivity contribution >= 4 is 0 Å². The largest absolute Gasteiger partial charge is 0.251 e.